The van der Waals surface area contributed by atoms with E-state index in [-0.39, 0.29) is 6.04 Å². The molecule has 0 amide bonds. The lowest BCUT2D eigenvalue weighted by molar-refractivity contribution is 0.403. The molecule has 0 bridgehead atoms. The van der Waals surface area contributed by atoms with E-state index in [2.05, 4.69) is 32.9 Å². The van der Waals surface area contributed by atoms with Gasteiger partial charge < -0.3 is 10.5 Å². The maximum atomic E-state index is 6.18. The van der Waals surface area contributed by atoms with E-state index in [0.717, 1.165) is 22.8 Å². The molecule has 90 valence electrons. The third kappa shape index (κ3) is 2.92. The first kappa shape index (κ1) is 13.4. The topological polar surface area (TPSA) is 35.2 Å². The summed E-state index contributed by atoms with van der Waals surface area (Å²) < 4.78 is 5.47. The zero-order valence-electron chi connectivity index (χ0n) is 10.5. The molecule has 0 heterocycles. The molecule has 3 heteroatoms. The first-order valence-corrected chi connectivity index (χ1v) is 6.74. The summed E-state index contributed by atoms with van der Waals surface area (Å²) in [7, 11) is 1.71. The van der Waals surface area contributed by atoms with E-state index >= 15 is 0 Å². The monoisotopic (exact) mass is 239 g/mol. The minimum Gasteiger partial charge on any atom is -0.496 e. The Bertz CT molecular complexity index is 352. The SMILES string of the molecule is CCSCC(N)c1ccc(C)c(C)c1OC. The highest BCUT2D eigenvalue weighted by Crippen LogP contribution is 2.31. The molecule has 1 aromatic rings. The third-order valence-corrected chi connectivity index (χ3v) is 3.82. The van der Waals surface area contributed by atoms with Crippen LogP contribution >= 0.6 is 11.8 Å². The molecule has 2 nitrogen and oxygen atoms in total. The quantitative estimate of drug-likeness (QED) is 0.857. The van der Waals surface area contributed by atoms with Gasteiger partial charge in [0, 0.05) is 17.4 Å². The Morgan fingerprint density at radius 1 is 1.38 bits per heavy atom. The second-order valence-electron chi connectivity index (χ2n) is 3.90. The summed E-state index contributed by atoms with van der Waals surface area (Å²) in [5.41, 5.74) is 9.73. The molecule has 0 fully saturated rings. The first-order valence-electron chi connectivity index (χ1n) is 5.59. The van der Waals surface area contributed by atoms with Crippen LogP contribution in [0.3, 0.4) is 0 Å². The van der Waals surface area contributed by atoms with Crippen LogP contribution in [-0.2, 0) is 0 Å². The van der Waals surface area contributed by atoms with E-state index < -0.39 is 0 Å². The molecule has 0 saturated heterocycles. The molecule has 0 aliphatic carbocycles. The number of thioether (sulfide) groups is 1. The zero-order valence-corrected chi connectivity index (χ0v) is 11.4. The van der Waals surface area contributed by atoms with Gasteiger partial charge in [-0.2, -0.15) is 11.8 Å². The Hall–Kier alpha value is -0.670. The van der Waals surface area contributed by atoms with E-state index in [1.54, 1.807) is 7.11 Å². The number of aryl methyl sites for hydroxylation is 1. The van der Waals surface area contributed by atoms with Crippen LogP contribution in [0.4, 0.5) is 0 Å². The number of nitrogens with two attached hydrogens (primary N) is 1. The lowest BCUT2D eigenvalue weighted by atomic mass is 10.0. The van der Waals surface area contributed by atoms with Gasteiger partial charge in [0.05, 0.1) is 7.11 Å². The van der Waals surface area contributed by atoms with E-state index in [9.17, 15) is 0 Å². The van der Waals surface area contributed by atoms with Crippen LogP contribution in [0.2, 0.25) is 0 Å². The summed E-state index contributed by atoms with van der Waals surface area (Å²) in [6.45, 7) is 6.32. The molecule has 0 radical (unpaired) electrons. The number of hydrogen-bond acceptors (Lipinski definition) is 3. The van der Waals surface area contributed by atoms with Gasteiger partial charge in [0.1, 0.15) is 5.75 Å². The van der Waals surface area contributed by atoms with Crippen LogP contribution in [0.5, 0.6) is 5.75 Å². The fourth-order valence-corrected chi connectivity index (χ4v) is 2.38. The zero-order chi connectivity index (χ0) is 12.1. The Morgan fingerprint density at radius 2 is 2.06 bits per heavy atom. The van der Waals surface area contributed by atoms with Crippen molar-refractivity contribution in [3.63, 3.8) is 0 Å². The van der Waals surface area contributed by atoms with Gasteiger partial charge in [-0.25, -0.2) is 0 Å². The van der Waals surface area contributed by atoms with Gasteiger partial charge in [-0.1, -0.05) is 19.1 Å². The van der Waals surface area contributed by atoms with Crippen molar-refractivity contribution in [2.75, 3.05) is 18.6 Å². The maximum absolute atomic E-state index is 6.18. The van der Waals surface area contributed by atoms with E-state index in [1.807, 2.05) is 11.8 Å². The highest BCUT2D eigenvalue weighted by Gasteiger charge is 2.14. The van der Waals surface area contributed by atoms with Crippen LogP contribution in [0, 0.1) is 13.8 Å². The molecule has 1 rings (SSSR count). The molecular formula is C13H21NOS. The van der Waals surface area contributed by atoms with Crippen molar-refractivity contribution >= 4 is 11.8 Å². The number of hydrogen-bond donors (Lipinski definition) is 1. The van der Waals surface area contributed by atoms with Crippen LogP contribution < -0.4 is 10.5 Å². The molecule has 0 spiro atoms. The van der Waals surface area contributed by atoms with Crippen LogP contribution in [0.25, 0.3) is 0 Å². The normalized spacial score (nSPS) is 12.6. The predicted octanol–water partition coefficient (Wildman–Crippen LogP) is 3.06. The minimum absolute atomic E-state index is 0.0548. The second kappa shape index (κ2) is 6.16. The molecule has 1 unspecified atom stereocenters. The van der Waals surface area contributed by atoms with E-state index in [4.69, 9.17) is 10.5 Å². The van der Waals surface area contributed by atoms with Gasteiger partial charge in [-0.05, 0) is 30.7 Å². The maximum Gasteiger partial charge on any atom is 0.126 e. The first-order chi connectivity index (χ1) is 7.61. The largest absolute Gasteiger partial charge is 0.496 e. The fourth-order valence-electron chi connectivity index (χ4n) is 1.71. The Balaban J connectivity index is 2.99. The highest BCUT2D eigenvalue weighted by molar-refractivity contribution is 7.99. The average Bonchev–Trinajstić information content (AvgIpc) is 2.29. The van der Waals surface area contributed by atoms with Crippen molar-refractivity contribution in [3.05, 3.63) is 28.8 Å². The van der Waals surface area contributed by atoms with Crippen molar-refractivity contribution in [3.8, 4) is 5.75 Å². The number of ether oxygens (including phenoxy) is 1. The standard InChI is InChI=1S/C13H21NOS/c1-5-16-8-12(14)11-7-6-9(2)10(3)13(11)15-4/h6-7,12H,5,8,14H2,1-4H3. The number of benzene rings is 1. The summed E-state index contributed by atoms with van der Waals surface area (Å²) in [6, 6.07) is 4.25. The second-order valence-corrected chi connectivity index (χ2v) is 5.21. The summed E-state index contributed by atoms with van der Waals surface area (Å²) in [6.07, 6.45) is 0. The number of methoxy groups -OCH3 is 1. The Labute approximate surface area is 103 Å². The summed E-state index contributed by atoms with van der Waals surface area (Å²) >= 11 is 1.86. The number of rotatable bonds is 5. The van der Waals surface area contributed by atoms with Crippen molar-refractivity contribution in [1.82, 2.24) is 0 Å². The van der Waals surface area contributed by atoms with Crippen molar-refractivity contribution < 1.29 is 4.74 Å². The Kier molecular flexibility index (Phi) is 5.16. The van der Waals surface area contributed by atoms with Gasteiger partial charge in [-0.3, -0.25) is 0 Å². The van der Waals surface area contributed by atoms with Gasteiger partial charge in [-0.15, -0.1) is 0 Å². The van der Waals surface area contributed by atoms with Crippen molar-refractivity contribution in [2.24, 2.45) is 5.73 Å². The van der Waals surface area contributed by atoms with Crippen LogP contribution in [0.1, 0.15) is 29.7 Å². The van der Waals surface area contributed by atoms with Crippen LogP contribution in [0.15, 0.2) is 12.1 Å². The summed E-state index contributed by atoms with van der Waals surface area (Å²) in [5, 5.41) is 0. The molecule has 0 aliphatic rings. The molecule has 1 atom stereocenters. The average molecular weight is 239 g/mol. The Morgan fingerprint density at radius 3 is 2.62 bits per heavy atom. The lowest BCUT2D eigenvalue weighted by Crippen LogP contribution is -2.15. The molecule has 1 aromatic carbocycles. The van der Waals surface area contributed by atoms with Crippen LogP contribution in [-0.4, -0.2) is 18.6 Å². The molecule has 0 aromatic heterocycles. The van der Waals surface area contributed by atoms with Gasteiger partial charge in [0.15, 0.2) is 0 Å². The van der Waals surface area contributed by atoms with Gasteiger partial charge in [0.2, 0.25) is 0 Å². The van der Waals surface area contributed by atoms with Gasteiger partial charge in [0.25, 0.3) is 0 Å². The lowest BCUT2D eigenvalue weighted by Gasteiger charge is -2.18. The summed E-state index contributed by atoms with van der Waals surface area (Å²) in [5.74, 6) is 2.99. The molecule has 0 saturated carbocycles. The van der Waals surface area contributed by atoms with Crippen molar-refractivity contribution in [1.29, 1.82) is 0 Å². The molecule has 16 heavy (non-hydrogen) atoms. The molecule has 0 aliphatic heterocycles. The summed E-state index contributed by atoms with van der Waals surface area (Å²) in [4.78, 5) is 0. The molecule has 2 N–H and O–H groups in total. The minimum atomic E-state index is 0.0548. The van der Waals surface area contributed by atoms with Crippen molar-refractivity contribution in [2.45, 2.75) is 26.8 Å². The predicted molar refractivity (Wildman–Crippen MR) is 72.4 cm³/mol. The van der Waals surface area contributed by atoms with Gasteiger partial charge >= 0.3 is 0 Å². The molecular weight excluding hydrogens is 218 g/mol. The third-order valence-electron chi connectivity index (χ3n) is 2.81. The highest BCUT2D eigenvalue weighted by atomic mass is 32.2. The fraction of sp³-hybridized carbons (Fsp3) is 0.538. The smallest absolute Gasteiger partial charge is 0.126 e. The van der Waals surface area contributed by atoms with E-state index in [0.29, 0.717) is 0 Å². The van der Waals surface area contributed by atoms with E-state index in [1.165, 1.54) is 11.1 Å².